The van der Waals surface area contributed by atoms with E-state index in [0.717, 1.165) is 55.9 Å². The molecule has 0 amide bonds. The zero-order valence-corrected chi connectivity index (χ0v) is 19.7. The minimum Gasteiger partial charge on any atom is -0.489 e. The van der Waals surface area contributed by atoms with Gasteiger partial charge in [-0.1, -0.05) is 19.4 Å². The van der Waals surface area contributed by atoms with Gasteiger partial charge in [-0.3, -0.25) is 4.90 Å². The van der Waals surface area contributed by atoms with Gasteiger partial charge in [0.1, 0.15) is 29.0 Å². The lowest BCUT2D eigenvalue weighted by Crippen LogP contribution is -2.52. The van der Waals surface area contributed by atoms with E-state index in [1.165, 1.54) is 18.9 Å². The SMILES string of the molecule is CCCCc1nc2c(C)nc(OC)nc2n1Cc1ccc(O[C@@H]2CN3CCC2CC3)cc1F. The summed E-state index contributed by atoms with van der Waals surface area (Å²) in [6.45, 7) is 7.65. The molecule has 2 bridgehead atoms. The van der Waals surface area contributed by atoms with E-state index in [4.69, 9.17) is 14.5 Å². The van der Waals surface area contributed by atoms with Gasteiger partial charge in [0.15, 0.2) is 5.65 Å². The first kappa shape index (κ1) is 22.1. The molecule has 1 atom stereocenters. The van der Waals surface area contributed by atoms with Crippen molar-refractivity contribution in [1.29, 1.82) is 0 Å². The van der Waals surface area contributed by atoms with Crippen LogP contribution >= 0.6 is 0 Å². The standard InChI is InChI=1S/C25H32FN5O2/c1-4-5-6-22-28-23-16(2)27-25(32-3)29-24(23)31(22)14-18-7-8-19(13-20(18)26)33-21-15-30-11-9-17(21)10-12-30/h7-8,13,17,21H,4-6,9-12,14-15H2,1-3H3/t21-/m1/s1. The number of ether oxygens (including phenoxy) is 2. The van der Waals surface area contributed by atoms with E-state index in [2.05, 4.69) is 21.8 Å². The third kappa shape index (κ3) is 4.40. The first-order valence-corrected chi connectivity index (χ1v) is 12.0. The quantitative estimate of drug-likeness (QED) is 0.511. The highest BCUT2D eigenvalue weighted by molar-refractivity contribution is 5.74. The third-order valence-electron chi connectivity index (χ3n) is 7.00. The maximum absolute atomic E-state index is 15.2. The second-order valence-electron chi connectivity index (χ2n) is 9.23. The van der Waals surface area contributed by atoms with Gasteiger partial charge in [0.05, 0.1) is 19.3 Å². The summed E-state index contributed by atoms with van der Waals surface area (Å²) in [5, 5.41) is 0. The minimum atomic E-state index is -0.269. The van der Waals surface area contributed by atoms with Crippen molar-refractivity contribution >= 4 is 11.2 Å². The van der Waals surface area contributed by atoms with Crippen molar-refractivity contribution in [1.82, 2.24) is 24.4 Å². The maximum atomic E-state index is 15.2. The Hall–Kier alpha value is -2.74. The van der Waals surface area contributed by atoms with E-state index < -0.39 is 0 Å². The van der Waals surface area contributed by atoms with Crippen LogP contribution in [-0.4, -0.2) is 57.3 Å². The van der Waals surface area contributed by atoms with Gasteiger partial charge in [0.2, 0.25) is 0 Å². The van der Waals surface area contributed by atoms with Gasteiger partial charge in [-0.15, -0.1) is 0 Å². The molecule has 3 aromatic rings. The zero-order chi connectivity index (χ0) is 22.9. The molecule has 0 radical (unpaired) electrons. The molecule has 3 aliphatic heterocycles. The summed E-state index contributed by atoms with van der Waals surface area (Å²) in [4.78, 5) is 16.1. The fourth-order valence-corrected chi connectivity index (χ4v) is 5.06. The first-order chi connectivity index (χ1) is 16.1. The van der Waals surface area contributed by atoms with E-state index >= 15 is 4.39 Å². The van der Waals surface area contributed by atoms with Gasteiger partial charge in [0.25, 0.3) is 0 Å². The van der Waals surface area contributed by atoms with E-state index in [1.807, 2.05) is 23.6 Å². The van der Waals surface area contributed by atoms with Crippen LogP contribution in [0.5, 0.6) is 11.8 Å². The summed E-state index contributed by atoms with van der Waals surface area (Å²) >= 11 is 0. The van der Waals surface area contributed by atoms with Crippen LogP contribution in [0.4, 0.5) is 4.39 Å². The van der Waals surface area contributed by atoms with Gasteiger partial charge in [-0.05, 0) is 51.3 Å². The molecule has 7 nitrogen and oxygen atoms in total. The first-order valence-electron chi connectivity index (χ1n) is 12.0. The van der Waals surface area contributed by atoms with Gasteiger partial charge >= 0.3 is 6.01 Å². The summed E-state index contributed by atoms with van der Waals surface area (Å²) in [6.07, 6.45) is 5.35. The fourth-order valence-electron chi connectivity index (χ4n) is 5.06. The number of rotatable bonds is 8. The number of nitrogens with zero attached hydrogens (tertiary/aromatic N) is 5. The number of imidazole rings is 1. The van der Waals surface area contributed by atoms with Crippen LogP contribution in [-0.2, 0) is 13.0 Å². The minimum absolute atomic E-state index is 0.156. The zero-order valence-electron chi connectivity index (χ0n) is 19.7. The summed E-state index contributed by atoms with van der Waals surface area (Å²) in [7, 11) is 1.55. The molecule has 3 aliphatic rings. The van der Waals surface area contributed by atoms with E-state index in [0.29, 0.717) is 35.4 Å². The highest BCUT2D eigenvalue weighted by Gasteiger charge is 2.35. The highest BCUT2D eigenvalue weighted by atomic mass is 19.1. The molecule has 0 spiro atoms. The number of aryl methyl sites for hydroxylation is 2. The Labute approximate surface area is 193 Å². The van der Waals surface area contributed by atoms with Crippen molar-refractivity contribution in [3.05, 3.63) is 41.1 Å². The molecule has 8 heteroatoms. The number of benzene rings is 1. The molecule has 0 saturated carbocycles. The van der Waals surface area contributed by atoms with Crippen LogP contribution in [0.3, 0.4) is 0 Å². The van der Waals surface area contributed by atoms with Crippen LogP contribution < -0.4 is 9.47 Å². The van der Waals surface area contributed by atoms with Crippen LogP contribution in [0.15, 0.2) is 18.2 Å². The molecule has 0 N–H and O–H groups in total. The molecule has 2 aromatic heterocycles. The number of hydrogen-bond donors (Lipinski definition) is 0. The average molecular weight is 454 g/mol. The molecule has 5 heterocycles. The number of piperidine rings is 3. The molecule has 6 rings (SSSR count). The van der Waals surface area contributed by atoms with Crippen LogP contribution in [0.25, 0.3) is 11.2 Å². The monoisotopic (exact) mass is 453 g/mol. The fraction of sp³-hybridized carbons (Fsp3) is 0.560. The predicted molar refractivity (Wildman–Crippen MR) is 124 cm³/mol. The smallest absolute Gasteiger partial charge is 0.318 e. The number of fused-ring (bicyclic) bond motifs is 4. The number of aromatic nitrogens is 4. The number of unbranched alkanes of at least 4 members (excludes halogenated alkanes) is 1. The van der Waals surface area contributed by atoms with Gasteiger partial charge in [-0.25, -0.2) is 9.37 Å². The van der Waals surface area contributed by atoms with Gasteiger partial charge in [-0.2, -0.15) is 9.97 Å². The van der Waals surface area contributed by atoms with Crippen molar-refractivity contribution in [3.8, 4) is 11.8 Å². The highest BCUT2D eigenvalue weighted by Crippen LogP contribution is 2.31. The Balaban J connectivity index is 1.42. The molecule has 3 saturated heterocycles. The lowest BCUT2D eigenvalue weighted by molar-refractivity contribution is -0.00789. The van der Waals surface area contributed by atoms with Crippen molar-refractivity contribution in [2.45, 2.75) is 58.6 Å². The van der Waals surface area contributed by atoms with Crippen LogP contribution in [0.1, 0.15) is 49.7 Å². The van der Waals surface area contributed by atoms with Crippen molar-refractivity contribution in [3.63, 3.8) is 0 Å². The second kappa shape index (κ2) is 9.25. The second-order valence-corrected chi connectivity index (χ2v) is 9.23. The summed E-state index contributed by atoms with van der Waals surface area (Å²) in [6, 6.07) is 5.54. The predicted octanol–water partition coefficient (Wildman–Crippen LogP) is 4.15. The normalized spacial score (nSPS) is 22.1. The Kier molecular flexibility index (Phi) is 6.19. The van der Waals surface area contributed by atoms with E-state index in [-0.39, 0.29) is 11.9 Å². The van der Waals surface area contributed by atoms with Gasteiger partial charge < -0.3 is 14.0 Å². The Morgan fingerprint density at radius 3 is 2.64 bits per heavy atom. The molecular weight excluding hydrogens is 421 g/mol. The molecule has 3 fully saturated rings. The van der Waals surface area contributed by atoms with Crippen molar-refractivity contribution in [2.24, 2.45) is 5.92 Å². The van der Waals surface area contributed by atoms with Crippen molar-refractivity contribution < 1.29 is 13.9 Å². The molecule has 33 heavy (non-hydrogen) atoms. The largest absolute Gasteiger partial charge is 0.489 e. The molecule has 0 unspecified atom stereocenters. The van der Waals surface area contributed by atoms with Crippen LogP contribution in [0.2, 0.25) is 0 Å². The molecular formula is C25H32FN5O2. The van der Waals surface area contributed by atoms with E-state index in [1.54, 1.807) is 7.11 Å². The Bertz CT molecular complexity index is 1140. The summed E-state index contributed by atoms with van der Waals surface area (Å²) in [5.41, 5.74) is 2.76. The lowest BCUT2D eigenvalue weighted by atomic mass is 9.86. The summed E-state index contributed by atoms with van der Waals surface area (Å²) < 4.78 is 28.7. The average Bonchev–Trinajstić information content (AvgIpc) is 3.18. The number of hydrogen-bond acceptors (Lipinski definition) is 6. The Morgan fingerprint density at radius 2 is 1.97 bits per heavy atom. The molecule has 176 valence electrons. The summed E-state index contributed by atoms with van der Waals surface area (Å²) in [5.74, 6) is 1.81. The van der Waals surface area contributed by atoms with Crippen LogP contribution in [0, 0.1) is 18.7 Å². The molecule has 1 aromatic carbocycles. The third-order valence-corrected chi connectivity index (χ3v) is 7.00. The molecule has 0 aliphatic carbocycles. The van der Waals surface area contributed by atoms with Gasteiger partial charge in [0, 0.05) is 24.6 Å². The number of methoxy groups -OCH3 is 1. The topological polar surface area (TPSA) is 65.3 Å². The maximum Gasteiger partial charge on any atom is 0.318 e. The lowest BCUT2D eigenvalue weighted by Gasteiger charge is -2.44. The number of halogens is 1. The van der Waals surface area contributed by atoms with E-state index in [9.17, 15) is 0 Å². The van der Waals surface area contributed by atoms with Crippen molar-refractivity contribution in [2.75, 3.05) is 26.7 Å². The Morgan fingerprint density at radius 1 is 1.15 bits per heavy atom.